The van der Waals surface area contributed by atoms with Gasteiger partial charge in [-0.25, -0.2) is 13.6 Å². The van der Waals surface area contributed by atoms with E-state index < -0.39 is 10.0 Å². The first-order valence-corrected chi connectivity index (χ1v) is 10.5. The molecule has 28 heavy (non-hydrogen) atoms. The second kappa shape index (κ2) is 8.12. The summed E-state index contributed by atoms with van der Waals surface area (Å²) in [6.07, 6.45) is 0.682. The number of hydrogen-bond donors (Lipinski definition) is 1. The van der Waals surface area contributed by atoms with Crippen LogP contribution in [0.5, 0.6) is 0 Å². The van der Waals surface area contributed by atoms with Gasteiger partial charge < -0.3 is 9.57 Å². The molecule has 8 heteroatoms. The standard InChI is InChI=1S/C20H22N2O5S/c1-3-13(2)20(23)27-19-18(12-26-22-19)16-6-4-5-15(11-16)14-7-9-17(10-8-14)28(21,24)25/h4-11,13,18H,3,12H2,1-2H3,(H2,21,24,25). The van der Waals surface area contributed by atoms with Crippen LogP contribution < -0.4 is 5.14 Å². The first kappa shape index (κ1) is 20.0. The van der Waals surface area contributed by atoms with Gasteiger partial charge in [0.25, 0.3) is 0 Å². The molecule has 0 radical (unpaired) electrons. The van der Waals surface area contributed by atoms with E-state index in [-0.39, 0.29) is 35.2 Å². The number of rotatable bonds is 5. The number of ether oxygens (including phenoxy) is 1. The minimum atomic E-state index is -3.73. The molecule has 3 rings (SSSR count). The maximum Gasteiger partial charge on any atom is 0.315 e. The van der Waals surface area contributed by atoms with E-state index >= 15 is 0 Å². The van der Waals surface area contributed by atoms with Gasteiger partial charge in [-0.05, 0) is 35.2 Å². The van der Waals surface area contributed by atoms with E-state index in [1.807, 2.05) is 31.2 Å². The Balaban J connectivity index is 1.83. The molecule has 1 aliphatic heterocycles. The highest BCUT2D eigenvalue weighted by molar-refractivity contribution is 7.89. The Morgan fingerprint density at radius 2 is 1.96 bits per heavy atom. The van der Waals surface area contributed by atoms with Crippen LogP contribution >= 0.6 is 0 Å². The van der Waals surface area contributed by atoms with E-state index in [9.17, 15) is 13.2 Å². The lowest BCUT2D eigenvalue weighted by Crippen LogP contribution is -2.22. The number of esters is 1. The first-order chi connectivity index (χ1) is 13.3. The van der Waals surface area contributed by atoms with Crippen molar-refractivity contribution >= 4 is 21.9 Å². The van der Waals surface area contributed by atoms with Crippen molar-refractivity contribution in [1.29, 1.82) is 0 Å². The summed E-state index contributed by atoms with van der Waals surface area (Å²) in [5.41, 5.74) is 2.61. The minimum absolute atomic E-state index is 0.0583. The van der Waals surface area contributed by atoms with E-state index in [2.05, 4.69) is 5.16 Å². The Morgan fingerprint density at radius 1 is 1.25 bits per heavy atom. The van der Waals surface area contributed by atoms with Crippen molar-refractivity contribution in [1.82, 2.24) is 0 Å². The maximum absolute atomic E-state index is 12.1. The number of oxime groups is 1. The number of sulfonamides is 1. The lowest BCUT2D eigenvalue weighted by molar-refractivity contribution is -0.139. The molecule has 2 atom stereocenters. The summed E-state index contributed by atoms with van der Waals surface area (Å²) < 4.78 is 28.3. The molecular weight excluding hydrogens is 380 g/mol. The van der Waals surface area contributed by atoms with Gasteiger partial charge in [-0.3, -0.25) is 4.79 Å². The third kappa shape index (κ3) is 4.40. The smallest absolute Gasteiger partial charge is 0.315 e. The van der Waals surface area contributed by atoms with E-state index in [4.69, 9.17) is 14.7 Å². The topological polar surface area (TPSA) is 108 Å². The second-order valence-corrected chi connectivity index (χ2v) is 8.26. The predicted octanol–water partition coefficient (Wildman–Crippen LogP) is 3.02. The zero-order chi connectivity index (χ0) is 20.3. The molecule has 0 spiro atoms. The fourth-order valence-corrected chi connectivity index (χ4v) is 3.30. The van der Waals surface area contributed by atoms with Gasteiger partial charge in [0, 0.05) is 0 Å². The molecule has 0 saturated carbocycles. The molecule has 148 valence electrons. The van der Waals surface area contributed by atoms with Gasteiger partial charge in [-0.2, -0.15) is 0 Å². The van der Waals surface area contributed by atoms with Crippen LogP contribution in [-0.4, -0.2) is 26.9 Å². The van der Waals surface area contributed by atoms with Gasteiger partial charge in [0.1, 0.15) is 12.5 Å². The summed E-state index contributed by atoms with van der Waals surface area (Å²) in [5, 5.41) is 9.03. The summed E-state index contributed by atoms with van der Waals surface area (Å²) in [4.78, 5) is 17.3. The van der Waals surface area contributed by atoms with Crippen LogP contribution in [0.2, 0.25) is 0 Å². The van der Waals surface area contributed by atoms with Crippen molar-refractivity contribution in [3.05, 3.63) is 54.1 Å². The van der Waals surface area contributed by atoms with Gasteiger partial charge in [-0.1, -0.05) is 55.4 Å². The molecule has 7 nitrogen and oxygen atoms in total. The largest absolute Gasteiger partial charge is 0.407 e. The van der Waals surface area contributed by atoms with Crippen LogP contribution in [0.4, 0.5) is 0 Å². The fraction of sp³-hybridized carbons (Fsp3) is 0.300. The third-order valence-corrected chi connectivity index (χ3v) is 5.65. The third-order valence-electron chi connectivity index (χ3n) is 4.72. The van der Waals surface area contributed by atoms with Crippen LogP contribution in [0.25, 0.3) is 11.1 Å². The van der Waals surface area contributed by atoms with Crippen molar-refractivity contribution in [2.45, 2.75) is 31.1 Å². The summed E-state index contributed by atoms with van der Waals surface area (Å²) in [6, 6.07) is 14.0. The minimum Gasteiger partial charge on any atom is -0.407 e. The molecule has 2 aromatic carbocycles. The zero-order valence-corrected chi connectivity index (χ0v) is 16.5. The number of hydrogen-bond acceptors (Lipinski definition) is 6. The Hall–Kier alpha value is -2.71. The normalized spacial score (nSPS) is 17.5. The molecule has 0 bridgehead atoms. The molecule has 0 fully saturated rings. The Morgan fingerprint density at radius 3 is 2.61 bits per heavy atom. The number of carbonyl (C=O) groups excluding carboxylic acids is 1. The number of benzene rings is 2. The number of carbonyl (C=O) groups is 1. The zero-order valence-electron chi connectivity index (χ0n) is 15.7. The molecule has 1 heterocycles. The van der Waals surface area contributed by atoms with Crippen molar-refractivity contribution in [3.8, 4) is 11.1 Å². The number of nitrogens with two attached hydrogens (primary N) is 1. The second-order valence-electron chi connectivity index (χ2n) is 6.70. The van der Waals surface area contributed by atoms with Crippen LogP contribution in [0.1, 0.15) is 31.7 Å². The van der Waals surface area contributed by atoms with Gasteiger partial charge in [0.05, 0.1) is 10.8 Å². The molecule has 2 aromatic rings. The quantitative estimate of drug-likeness (QED) is 0.774. The Kier molecular flexibility index (Phi) is 5.81. The van der Waals surface area contributed by atoms with Crippen LogP contribution in [0, 0.1) is 5.92 Å². The number of primary sulfonamides is 1. The summed E-state index contributed by atoms with van der Waals surface area (Å²) in [6.45, 7) is 4.01. The highest BCUT2D eigenvalue weighted by Crippen LogP contribution is 2.29. The Bertz CT molecular complexity index is 1000. The predicted molar refractivity (Wildman–Crippen MR) is 105 cm³/mol. The average molecular weight is 402 g/mol. The van der Waals surface area contributed by atoms with E-state index in [0.29, 0.717) is 6.42 Å². The highest BCUT2D eigenvalue weighted by Gasteiger charge is 2.30. The van der Waals surface area contributed by atoms with E-state index in [1.54, 1.807) is 19.1 Å². The number of nitrogens with zero attached hydrogens (tertiary/aromatic N) is 1. The molecule has 0 amide bonds. The monoisotopic (exact) mass is 402 g/mol. The molecule has 2 unspecified atom stereocenters. The molecule has 2 N–H and O–H groups in total. The van der Waals surface area contributed by atoms with E-state index in [0.717, 1.165) is 16.7 Å². The molecule has 1 aliphatic rings. The van der Waals surface area contributed by atoms with Gasteiger partial charge in [0.15, 0.2) is 0 Å². The van der Waals surface area contributed by atoms with Gasteiger partial charge in [0.2, 0.25) is 15.9 Å². The average Bonchev–Trinajstić information content (AvgIpc) is 3.15. The fourth-order valence-electron chi connectivity index (χ4n) is 2.78. The summed E-state index contributed by atoms with van der Waals surface area (Å²) >= 11 is 0. The molecule has 0 aliphatic carbocycles. The van der Waals surface area contributed by atoms with Crippen molar-refractivity contribution in [2.24, 2.45) is 16.2 Å². The maximum atomic E-state index is 12.1. The van der Waals surface area contributed by atoms with E-state index in [1.165, 1.54) is 12.1 Å². The van der Waals surface area contributed by atoms with Crippen LogP contribution in [0.15, 0.2) is 58.6 Å². The Labute approximate surface area is 164 Å². The molecule has 0 aromatic heterocycles. The summed E-state index contributed by atoms with van der Waals surface area (Å²) in [7, 11) is -3.73. The SMILES string of the molecule is CCC(C)C(=O)OC1=NOCC1c1cccc(-c2ccc(S(N)(=O)=O)cc2)c1. The lowest BCUT2D eigenvalue weighted by Gasteiger charge is -2.14. The summed E-state index contributed by atoms with van der Waals surface area (Å²) in [5.74, 6) is -0.567. The molecule has 0 saturated heterocycles. The first-order valence-electron chi connectivity index (χ1n) is 8.94. The highest BCUT2D eigenvalue weighted by atomic mass is 32.2. The van der Waals surface area contributed by atoms with Crippen molar-refractivity contribution in [2.75, 3.05) is 6.61 Å². The van der Waals surface area contributed by atoms with Crippen LogP contribution in [0.3, 0.4) is 0 Å². The van der Waals surface area contributed by atoms with Gasteiger partial charge in [-0.15, -0.1) is 0 Å². The molecular formula is C20H22N2O5S. The van der Waals surface area contributed by atoms with Crippen molar-refractivity contribution < 1.29 is 22.8 Å². The van der Waals surface area contributed by atoms with Crippen LogP contribution in [-0.2, 0) is 24.4 Å². The van der Waals surface area contributed by atoms with Crippen molar-refractivity contribution in [3.63, 3.8) is 0 Å². The lowest BCUT2D eigenvalue weighted by atomic mass is 9.95. The van der Waals surface area contributed by atoms with Gasteiger partial charge >= 0.3 is 5.97 Å².